The van der Waals surface area contributed by atoms with E-state index in [1.807, 2.05) is 48.5 Å². The molecule has 3 rings (SSSR count). The van der Waals surface area contributed by atoms with Crippen LogP contribution >= 0.6 is 0 Å². The van der Waals surface area contributed by atoms with Crippen molar-refractivity contribution in [3.8, 4) is 11.1 Å². The number of benzene rings is 2. The lowest BCUT2D eigenvalue weighted by Crippen LogP contribution is -2.48. The molecule has 0 aliphatic heterocycles. The van der Waals surface area contributed by atoms with Crippen molar-refractivity contribution in [2.24, 2.45) is 0 Å². The second-order valence-corrected chi connectivity index (χ2v) is 14.3. The second-order valence-electron chi connectivity index (χ2n) is 14.3. The fourth-order valence-corrected chi connectivity index (χ4v) is 5.54. The highest BCUT2D eigenvalue weighted by Gasteiger charge is 2.30. The predicted octanol–water partition coefficient (Wildman–Crippen LogP) is 5.85. The van der Waals surface area contributed by atoms with Crippen molar-refractivity contribution < 1.29 is 43.3 Å². The minimum Gasteiger partial charge on any atom is -0.480 e. The van der Waals surface area contributed by atoms with Gasteiger partial charge in [-0.2, -0.15) is 0 Å². The van der Waals surface area contributed by atoms with Crippen LogP contribution in [-0.2, 0) is 23.8 Å². The van der Waals surface area contributed by atoms with Gasteiger partial charge in [0, 0.05) is 19.0 Å². The maximum absolute atomic E-state index is 13.0. The van der Waals surface area contributed by atoms with Crippen molar-refractivity contribution in [3.05, 3.63) is 59.7 Å². The first-order chi connectivity index (χ1) is 23.5. The minimum absolute atomic E-state index is 0.0664. The Morgan fingerprint density at radius 3 is 1.68 bits per heavy atom. The molecule has 0 fully saturated rings. The molecular weight excluding hydrogens is 644 g/mol. The number of alkyl carbamates (subject to hydrolysis) is 3. The number of amides is 4. The molecule has 0 saturated heterocycles. The number of nitrogens with one attached hydrogen (secondary N) is 4. The third-order valence-corrected chi connectivity index (χ3v) is 7.75. The van der Waals surface area contributed by atoms with Gasteiger partial charge in [0.05, 0.1) is 0 Å². The highest BCUT2D eigenvalue weighted by Crippen LogP contribution is 2.44. The van der Waals surface area contributed by atoms with E-state index in [0.717, 1.165) is 22.3 Å². The fraction of sp³-hybridized carbons (Fsp3) is 0.541. The molecule has 5 N–H and O–H groups in total. The average Bonchev–Trinajstić information content (AvgIpc) is 3.34. The van der Waals surface area contributed by atoms with Gasteiger partial charge in [-0.25, -0.2) is 19.2 Å². The fourth-order valence-electron chi connectivity index (χ4n) is 5.54. The summed E-state index contributed by atoms with van der Waals surface area (Å²) in [6.07, 6.45) is 0.238. The number of ether oxygens (including phenoxy) is 3. The Morgan fingerprint density at radius 1 is 0.660 bits per heavy atom. The van der Waals surface area contributed by atoms with Crippen LogP contribution in [0.3, 0.4) is 0 Å². The van der Waals surface area contributed by atoms with Crippen LogP contribution < -0.4 is 21.3 Å². The SMILES string of the molecule is CC(C)(C)OC(=O)NCCCC[C@H](NC(=O)OC(C)(C)C)C(=O)NCCCC[C@H](NC(=O)OCC1c2ccccc2-c2ccccc21)C(=O)O. The number of hydrogen-bond donors (Lipinski definition) is 5. The van der Waals surface area contributed by atoms with Gasteiger partial charge in [0.2, 0.25) is 5.91 Å². The number of aliphatic carboxylic acids is 1. The topological polar surface area (TPSA) is 181 Å². The van der Waals surface area contributed by atoms with Gasteiger partial charge >= 0.3 is 24.2 Å². The number of carbonyl (C=O) groups is 5. The van der Waals surface area contributed by atoms with Crippen LogP contribution in [0.1, 0.15) is 97.1 Å². The van der Waals surface area contributed by atoms with E-state index < -0.39 is 53.4 Å². The van der Waals surface area contributed by atoms with Crippen molar-refractivity contribution in [1.82, 2.24) is 21.3 Å². The molecule has 0 unspecified atom stereocenters. The summed E-state index contributed by atoms with van der Waals surface area (Å²) in [6, 6.07) is 13.8. The van der Waals surface area contributed by atoms with Gasteiger partial charge in [-0.3, -0.25) is 4.79 Å². The third kappa shape index (κ3) is 13.2. The molecule has 274 valence electrons. The summed E-state index contributed by atoms with van der Waals surface area (Å²) < 4.78 is 16.0. The lowest BCUT2D eigenvalue weighted by atomic mass is 9.98. The van der Waals surface area contributed by atoms with Crippen molar-refractivity contribution in [1.29, 1.82) is 0 Å². The summed E-state index contributed by atoms with van der Waals surface area (Å²) >= 11 is 0. The summed E-state index contributed by atoms with van der Waals surface area (Å²) in [5.74, 6) is -1.75. The van der Waals surface area contributed by atoms with E-state index >= 15 is 0 Å². The number of carboxylic acids is 1. The molecule has 0 radical (unpaired) electrons. The van der Waals surface area contributed by atoms with Crippen LogP contribution in [0.2, 0.25) is 0 Å². The Morgan fingerprint density at radius 2 is 1.14 bits per heavy atom. The van der Waals surface area contributed by atoms with Gasteiger partial charge in [-0.15, -0.1) is 0 Å². The summed E-state index contributed by atoms with van der Waals surface area (Å²) in [5.41, 5.74) is 2.92. The molecule has 1 aliphatic carbocycles. The average molecular weight is 697 g/mol. The normalized spacial score (nSPS) is 13.6. The van der Waals surface area contributed by atoms with Crippen LogP contribution in [0, 0.1) is 0 Å². The maximum Gasteiger partial charge on any atom is 0.408 e. The van der Waals surface area contributed by atoms with E-state index in [-0.39, 0.29) is 25.5 Å². The molecule has 13 heteroatoms. The molecule has 0 aromatic heterocycles. The van der Waals surface area contributed by atoms with Crippen molar-refractivity contribution in [2.75, 3.05) is 19.7 Å². The molecule has 0 spiro atoms. The smallest absolute Gasteiger partial charge is 0.408 e. The van der Waals surface area contributed by atoms with Crippen LogP contribution in [-0.4, -0.2) is 78.2 Å². The van der Waals surface area contributed by atoms with Crippen molar-refractivity contribution >= 4 is 30.2 Å². The molecule has 0 heterocycles. The molecule has 50 heavy (non-hydrogen) atoms. The van der Waals surface area contributed by atoms with Gasteiger partial charge in [-0.05, 0) is 102 Å². The molecule has 1 aliphatic rings. The Labute approximate surface area is 294 Å². The van der Waals surface area contributed by atoms with Gasteiger partial charge in [0.25, 0.3) is 0 Å². The highest BCUT2D eigenvalue weighted by atomic mass is 16.6. The number of rotatable bonds is 16. The largest absolute Gasteiger partial charge is 0.480 e. The lowest BCUT2D eigenvalue weighted by molar-refractivity contribution is -0.139. The number of fused-ring (bicyclic) bond motifs is 3. The highest BCUT2D eigenvalue weighted by molar-refractivity contribution is 5.85. The summed E-state index contributed by atoms with van der Waals surface area (Å²) in [6.45, 7) is 11.1. The molecule has 4 amide bonds. The van der Waals surface area contributed by atoms with Gasteiger partial charge < -0.3 is 40.6 Å². The van der Waals surface area contributed by atoms with Crippen LogP contribution in [0.25, 0.3) is 11.1 Å². The zero-order valence-electron chi connectivity index (χ0n) is 29.9. The quantitative estimate of drug-likeness (QED) is 0.106. The van der Waals surface area contributed by atoms with Gasteiger partial charge in [-0.1, -0.05) is 48.5 Å². The number of carbonyl (C=O) groups excluding carboxylic acids is 4. The van der Waals surface area contributed by atoms with Gasteiger partial charge in [0.1, 0.15) is 29.9 Å². The number of hydrogen-bond acceptors (Lipinski definition) is 8. The standard InChI is InChI=1S/C37H52N4O9/c1-36(2,3)49-33(45)39-22-14-11-19-29(40-35(47)50-37(4,5)6)31(42)38-21-13-12-20-30(32(43)44)41-34(46)48-23-28-26-17-9-7-15-24(26)25-16-8-10-18-27(25)28/h7-10,15-18,28-30H,11-14,19-23H2,1-6H3,(H,38,42)(H,39,45)(H,40,47)(H,41,46)(H,43,44)/t29-,30-/m0/s1. The van der Waals surface area contributed by atoms with E-state index in [2.05, 4.69) is 21.3 Å². The first-order valence-electron chi connectivity index (χ1n) is 17.1. The van der Waals surface area contributed by atoms with Crippen LogP contribution in [0.5, 0.6) is 0 Å². The van der Waals surface area contributed by atoms with Crippen molar-refractivity contribution in [3.63, 3.8) is 0 Å². The first-order valence-corrected chi connectivity index (χ1v) is 17.1. The first kappa shape index (κ1) is 39.6. The minimum atomic E-state index is -1.19. The third-order valence-electron chi connectivity index (χ3n) is 7.75. The zero-order chi connectivity index (χ0) is 36.9. The Hall–Kier alpha value is -4.81. The Kier molecular flexibility index (Phi) is 14.5. The molecule has 0 bridgehead atoms. The molecule has 2 atom stereocenters. The monoisotopic (exact) mass is 696 g/mol. The second kappa shape index (κ2) is 18.3. The predicted molar refractivity (Wildman–Crippen MR) is 188 cm³/mol. The van der Waals surface area contributed by atoms with E-state index in [4.69, 9.17) is 14.2 Å². The Balaban J connectivity index is 1.43. The number of unbranched alkanes of at least 4 members (excludes halogenated alkanes) is 2. The molecule has 2 aromatic carbocycles. The number of carboxylic acid groups (broad SMARTS) is 1. The van der Waals surface area contributed by atoms with E-state index in [9.17, 15) is 29.1 Å². The molecule has 0 saturated carbocycles. The van der Waals surface area contributed by atoms with E-state index in [0.29, 0.717) is 38.6 Å². The maximum atomic E-state index is 13.0. The molecule has 2 aromatic rings. The van der Waals surface area contributed by atoms with E-state index in [1.165, 1.54) is 0 Å². The van der Waals surface area contributed by atoms with Crippen LogP contribution in [0.4, 0.5) is 14.4 Å². The summed E-state index contributed by atoms with van der Waals surface area (Å²) in [7, 11) is 0. The van der Waals surface area contributed by atoms with Gasteiger partial charge in [0.15, 0.2) is 0 Å². The molecular formula is C37H52N4O9. The summed E-state index contributed by atoms with van der Waals surface area (Å²) in [4.78, 5) is 61.9. The van der Waals surface area contributed by atoms with Crippen molar-refractivity contribution in [2.45, 2.75) is 109 Å². The Bertz CT molecular complexity index is 1440. The lowest BCUT2D eigenvalue weighted by Gasteiger charge is -2.23. The summed E-state index contributed by atoms with van der Waals surface area (Å²) in [5, 5.41) is 20.3. The zero-order valence-corrected chi connectivity index (χ0v) is 29.9. The van der Waals surface area contributed by atoms with E-state index in [1.54, 1.807) is 41.5 Å². The van der Waals surface area contributed by atoms with Crippen LogP contribution in [0.15, 0.2) is 48.5 Å². The molecule has 13 nitrogen and oxygen atoms in total.